The molecule has 0 fully saturated rings. The Hall–Kier alpha value is -2.15. The van der Waals surface area contributed by atoms with Gasteiger partial charge in [0.2, 0.25) is 0 Å². The molecule has 1 aromatic rings. The summed E-state index contributed by atoms with van der Waals surface area (Å²) >= 11 is 0. The van der Waals surface area contributed by atoms with E-state index in [1.54, 1.807) is 6.92 Å². The van der Waals surface area contributed by atoms with E-state index in [-0.39, 0.29) is 11.3 Å². The second-order valence-electron chi connectivity index (χ2n) is 5.17. The summed E-state index contributed by atoms with van der Waals surface area (Å²) in [5, 5.41) is 23.1. The number of carbonyl (C=O) groups is 1. The predicted molar refractivity (Wildman–Crippen MR) is 81.1 cm³/mol. The molecule has 0 aliphatic rings. The largest absolute Gasteiger partial charge is 0.478 e. The molecule has 0 aromatic heterocycles. The lowest BCUT2D eigenvalue weighted by molar-refractivity contribution is -0.385. The Bertz CT molecular complexity index is 529. The van der Waals surface area contributed by atoms with Gasteiger partial charge in [0.15, 0.2) is 0 Å². The van der Waals surface area contributed by atoms with E-state index in [4.69, 9.17) is 5.11 Å². The minimum atomic E-state index is -1.17. The quantitative estimate of drug-likeness (QED) is 0.434. The maximum atomic E-state index is 11.0. The molecule has 0 aliphatic heterocycles. The lowest BCUT2D eigenvalue weighted by Gasteiger charge is -2.12. The van der Waals surface area contributed by atoms with Gasteiger partial charge in [-0.15, -0.1) is 0 Å². The van der Waals surface area contributed by atoms with Crippen molar-refractivity contribution in [2.24, 2.45) is 0 Å². The van der Waals surface area contributed by atoms with Gasteiger partial charge in [-0.3, -0.25) is 10.1 Å². The number of hydrogen-bond donors (Lipinski definition) is 2. The average molecular weight is 295 g/mol. The molecule has 7 heteroatoms. The van der Waals surface area contributed by atoms with Crippen LogP contribution >= 0.6 is 0 Å². The fraction of sp³-hybridized carbons (Fsp3) is 0.500. The number of unbranched alkanes of at least 4 members (excludes halogenated alkanes) is 1. The van der Waals surface area contributed by atoms with E-state index in [1.165, 1.54) is 6.07 Å². The number of nitro benzene ring substituents is 1. The van der Waals surface area contributed by atoms with E-state index in [9.17, 15) is 14.9 Å². The standard InChI is InChI=1S/C14H21N3O4/c1-10-12(15-6-4-5-7-16(2)3)8-11(14(18)19)9-13(10)17(20)21/h8-9,15H,4-7H2,1-3H3,(H,18,19). The summed E-state index contributed by atoms with van der Waals surface area (Å²) < 4.78 is 0. The van der Waals surface area contributed by atoms with Gasteiger partial charge in [0, 0.05) is 23.9 Å². The Kier molecular flexibility index (Phi) is 6.10. The van der Waals surface area contributed by atoms with Gasteiger partial charge >= 0.3 is 5.97 Å². The smallest absolute Gasteiger partial charge is 0.336 e. The third-order valence-corrected chi connectivity index (χ3v) is 3.17. The van der Waals surface area contributed by atoms with Crippen LogP contribution < -0.4 is 5.32 Å². The molecule has 0 unspecified atom stereocenters. The summed E-state index contributed by atoms with van der Waals surface area (Å²) in [6.07, 6.45) is 1.91. The molecular formula is C14H21N3O4. The average Bonchev–Trinajstić information content (AvgIpc) is 2.39. The summed E-state index contributed by atoms with van der Waals surface area (Å²) in [6, 6.07) is 2.53. The zero-order chi connectivity index (χ0) is 16.0. The molecule has 0 atom stereocenters. The fourth-order valence-corrected chi connectivity index (χ4v) is 1.97. The van der Waals surface area contributed by atoms with Crippen LogP contribution in [0.1, 0.15) is 28.8 Å². The van der Waals surface area contributed by atoms with E-state index < -0.39 is 10.9 Å². The molecule has 2 N–H and O–H groups in total. The lowest BCUT2D eigenvalue weighted by Crippen LogP contribution is -2.14. The molecule has 0 saturated carbocycles. The van der Waals surface area contributed by atoms with Crippen LogP contribution in [0.25, 0.3) is 0 Å². The van der Waals surface area contributed by atoms with Gasteiger partial charge in [-0.05, 0) is 46.5 Å². The minimum Gasteiger partial charge on any atom is -0.478 e. The summed E-state index contributed by atoms with van der Waals surface area (Å²) in [5.41, 5.74) is 0.706. The molecular weight excluding hydrogens is 274 g/mol. The number of nitrogens with one attached hydrogen (secondary N) is 1. The van der Waals surface area contributed by atoms with E-state index in [2.05, 4.69) is 10.2 Å². The van der Waals surface area contributed by atoms with Gasteiger partial charge in [0.05, 0.1) is 10.5 Å². The molecule has 0 heterocycles. The van der Waals surface area contributed by atoms with Crippen molar-refractivity contribution >= 4 is 17.3 Å². The van der Waals surface area contributed by atoms with E-state index in [0.717, 1.165) is 25.5 Å². The second kappa shape index (κ2) is 7.58. The molecule has 0 bridgehead atoms. The summed E-state index contributed by atoms with van der Waals surface area (Å²) in [4.78, 5) is 23.5. The van der Waals surface area contributed by atoms with Crippen LogP contribution in [0.2, 0.25) is 0 Å². The van der Waals surface area contributed by atoms with Crippen LogP contribution in [0, 0.1) is 17.0 Å². The molecule has 0 saturated heterocycles. The van der Waals surface area contributed by atoms with Crippen molar-refractivity contribution in [1.29, 1.82) is 0 Å². The monoisotopic (exact) mass is 295 g/mol. The molecule has 1 aromatic carbocycles. The molecule has 0 radical (unpaired) electrons. The zero-order valence-corrected chi connectivity index (χ0v) is 12.5. The molecule has 21 heavy (non-hydrogen) atoms. The lowest BCUT2D eigenvalue weighted by atomic mass is 10.1. The van der Waals surface area contributed by atoms with Crippen molar-refractivity contribution in [2.75, 3.05) is 32.5 Å². The first kappa shape index (κ1) is 16.9. The number of carboxylic acids is 1. The van der Waals surface area contributed by atoms with E-state index in [0.29, 0.717) is 17.8 Å². The van der Waals surface area contributed by atoms with Crippen LogP contribution in [-0.2, 0) is 0 Å². The highest BCUT2D eigenvalue weighted by Crippen LogP contribution is 2.27. The van der Waals surface area contributed by atoms with Crippen molar-refractivity contribution in [2.45, 2.75) is 19.8 Å². The maximum Gasteiger partial charge on any atom is 0.336 e. The van der Waals surface area contributed by atoms with Crippen molar-refractivity contribution in [1.82, 2.24) is 4.90 Å². The number of carboxylic acid groups (broad SMARTS) is 1. The summed E-state index contributed by atoms with van der Waals surface area (Å²) in [6.45, 7) is 3.23. The molecule has 0 spiro atoms. The molecule has 7 nitrogen and oxygen atoms in total. The first-order valence-corrected chi connectivity index (χ1v) is 6.74. The van der Waals surface area contributed by atoms with Gasteiger partial charge < -0.3 is 15.3 Å². The van der Waals surface area contributed by atoms with Crippen LogP contribution in [0.4, 0.5) is 11.4 Å². The van der Waals surface area contributed by atoms with Crippen LogP contribution in [-0.4, -0.2) is 48.1 Å². The number of hydrogen-bond acceptors (Lipinski definition) is 5. The van der Waals surface area contributed by atoms with E-state index in [1.807, 2.05) is 14.1 Å². The molecule has 0 aliphatic carbocycles. The van der Waals surface area contributed by atoms with Crippen molar-refractivity contribution in [3.8, 4) is 0 Å². The van der Waals surface area contributed by atoms with Crippen LogP contribution in [0.15, 0.2) is 12.1 Å². The number of nitro groups is 1. The fourth-order valence-electron chi connectivity index (χ4n) is 1.97. The second-order valence-corrected chi connectivity index (χ2v) is 5.17. The molecule has 1 rings (SSSR count). The Morgan fingerprint density at radius 1 is 1.38 bits per heavy atom. The number of benzene rings is 1. The predicted octanol–water partition coefficient (Wildman–Crippen LogP) is 2.36. The Balaban J connectivity index is 2.80. The van der Waals surface area contributed by atoms with Gasteiger partial charge in [-0.1, -0.05) is 0 Å². The third kappa shape index (κ3) is 5.03. The van der Waals surface area contributed by atoms with Crippen molar-refractivity contribution in [3.63, 3.8) is 0 Å². The van der Waals surface area contributed by atoms with E-state index >= 15 is 0 Å². The number of aromatic carboxylic acids is 1. The number of nitrogens with zero attached hydrogens (tertiary/aromatic N) is 2. The molecule has 0 amide bonds. The third-order valence-electron chi connectivity index (χ3n) is 3.17. The van der Waals surface area contributed by atoms with Gasteiger partial charge in [0.1, 0.15) is 0 Å². The highest BCUT2D eigenvalue weighted by molar-refractivity contribution is 5.90. The van der Waals surface area contributed by atoms with Crippen molar-refractivity contribution in [3.05, 3.63) is 33.4 Å². The minimum absolute atomic E-state index is 0.0805. The van der Waals surface area contributed by atoms with Crippen molar-refractivity contribution < 1.29 is 14.8 Å². The summed E-state index contributed by atoms with van der Waals surface area (Å²) in [5.74, 6) is -1.17. The Morgan fingerprint density at radius 2 is 2.05 bits per heavy atom. The van der Waals surface area contributed by atoms with Gasteiger partial charge in [-0.25, -0.2) is 4.79 Å². The Labute approximate surface area is 123 Å². The first-order valence-electron chi connectivity index (χ1n) is 6.74. The number of rotatable bonds is 8. The summed E-state index contributed by atoms with van der Waals surface area (Å²) in [7, 11) is 3.99. The van der Waals surface area contributed by atoms with Crippen LogP contribution in [0.5, 0.6) is 0 Å². The zero-order valence-electron chi connectivity index (χ0n) is 12.5. The SMILES string of the molecule is Cc1c(NCCCCN(C)C)cc(C(=O)O)cc1[N+](=O)[O-]. The van der Waals surface area contributed by atoms with Gasteiger partial charge in [-0.2, -0.15) is 0 Å². The highest BCUT2D eigenvalue weighted by Gasteiger charge is 2.18. The maximum absolute atomic E-state index is 11.0. The topological polar surface area (TPSA) is 95.7 Å². The molecule has 116 valence electrons. The normalized spacial score (nSPS) is 10.7. The Morgan fingerprint density at radius 3 is 2.57 bits per heavy atom. The van der Waals surface area contributed by atoms with Gasteiger partial charge in [0.25, 0.3) is 5.69 Å². The number of anilines is 1. The highest BCUT2D eigenvalue weighted by atomic mass is 16.6. The van der Waals surface area contributed by atoms with Crippen LogP contribution in [0.3, 0.4) is 0 Å². The first-order chi connectivity index (χ1) is 9.82.